The van der Waals surface area contributed by atoms with Gasteiger partial charge in [-0.1, -0.05) is 6.92 Å². The Morgan fingerprint density at radius 1 is 1.07 bits per heavy atom. The molecule has 2 N–H and O–H groups in total. The average molecular weight is 393 g/mol. The molecule has 148 valence electrons. The van der Waals surface area contributed by atoms with E-state index in [1.807, 2.05) is 25.3 Å². The van der Waals surface area contributed by atoms with Crippen LogP contribution in [0.15, 0.2) is 23.3 Å². The van der Waals surface area contributed by atoms with Crippen molar-refractivity contribution in [2.24, 2.45) is 4.99 Å². The van der Waals surface area contributed by atoms with Gasteiger partial charge in [0.2, 0.25) is 0 Å². The van der Waals surface area contributed by atoms with Crippen molar-refractivity contribution in [3.8, 4) is 17.2 Å². The van der Waals surface area contributed by atoms with Gasteiger partial charge in [-0.15, -0.1) is 11.3 Å². The lowest BCUT2D eigenvalue weighted by Gasteiger charge is -2.15. The Balaban J connectivity index is 2.15. The van der Waals surface area contributed by atoms with Crippen LogP contribution in [0.2, 0.25) is 0 Å². The van der Waals surface area contributed by atoms with Gasteiger partial charge in [-0.25, -0.2) is 9.98 Å². The molecule has 0 saturated carbocycles. The number of aliphatic imine (C=N–C) groups is 1. The smallest absolute Gasteiger partial charge is 0.191 e. The third kappa shape index (κ3) is 5.75. The van der Waals surface area contributed by atoms with Crippen LogP contribution in [-0.2, 0) is 19.5 Å². The van der Waals surface area contributed by atoms with Crippen LogP contribution in [0.5, 0.6) is 17.2 Å². The van der Waals surface area contributed by atoms with Crippen LogP contribution in [-0.4, -0.2) is 38.8 Å². The Labute approximate surface area is 164 Å². The summed E-state index contributed by atoms with van der Waals surface area (Å²) in [6.45, 7) is 5.97. The van der Waals surface area contributed by atoms with E-state index in [0.717, 1.165) is 23.5 Å². The van der Waals surface area contributed by atoms with Crippen LogP contribution < -0.4 is 24.8 Å². The fourth-order valence-corrected chi connectivity index (χ4v) is 3.29. The number of nitrogens with zero attached hydrogens (tertiary/aromatic N) is 2. The minimum Gasteiger partial charge on any atom is -0.496 e. The van der Waals surface area contributed by atoms with Crippen LogP contribution in [0, 0.1) is 0 Å². The molecule has 0 fully saturated rings. The normalized spacial score (nSPS) is 11.2. The first-order valence-corrected chi connectivity index (χ1v) is 9.71. The summed E-state index contributed by atoms with van der Waals surface area (Å²) in [5.74, 6) is 2.75. The van der Waals surface area contributed by atoms with Crippen LogP contribution in [0.1, 0.15) is 29.3 Å². The van der Waals surface area contributed by atoms with Gasteiger partial charge in [0.05, 0.1) is 40.0 Å². The van der Waals surface area contributed by atoms with Crippen molar-refractivity contribution in [2.45, 2.75) is 33.4 Å². The molecule has 0 radical (unpaired) electrons. The molecule has 0 bridgehead atoms. The Bertz CT molecular complexity index is 736. The van der Waals surface area contributed by atoms with Gasteiger partial charge in [0.1, 0.15) is 22.3 Å². The maximum absolute atomic E-state index is 5.49. The second-order valence-corrected chi connectivity index (χ2v) is 6.83. The summed E-state index contributed by atoms with van der Waals surface area (Å²) in [7, 11) is 4.86. The SMILES string of the molecule is CCNC(=NCc1c(OC)cc(OC)cc1OC)NCc1ncc(CC)s1. The van der Waals surface area contributed by atoms with Gasteiger partial charge in [-0.2, -0.15) is 0 Å². The molecule has 0 atom stereocenters. The lowest BCUT2D eigenvalue weighted by atomic mass is 10.1. The van der Waals surface area contributed by atoms with Gasteiger partial charge in [-0.05, 0) is 13.3 Å². The molecule has 0 saturated heterocycles. The first-order chi connectivity index (χ1) is 13.1. The predicted octanol–water partition coefficient (Wildman–Crippen LogP) is 2.99. The van der Waals surface area contributed by atoms with Crippen molar-refractivity contribution in [2.75, 3.05) is 27.9 Å². The Hall–Kier alpha value is -2.48. The van der Waals surface area contributed by atoms with Crippen molar-refractivity contribution in [1.29, 1.82) is 0 Å². The molecule has 27 heavy (non-hydrogen) atoms. The van der Waals surface area contributed by atoms with Gasteiger partial charge >= 0.3 is 0 Å². The topological polar surface area (TPSA) is 77.0 Å². The molecule has 1 heterocycles. The summed E-state index contributed by atoms with van der Waals surface area (Å²) in [4.78, 5) is 10.4. The maximum Gasteiger partial charge on any atom is 0.191 e. The molecule has 0 amide bonds. The van der Waals surface area contributed by atoms with Crippen LogP contribution in [0.25, 0.3) is 0 Å². The summed E-state index contributed by atoms with van der Waals surface area (Å²) < 4.78 is 16.3. The Kier molecular flexibility index (Phi) is 8.19. The van der Waals surface area contributed by atoms with Crippen molar-refractivity contribution in [3.05, 3.63) is 33.8 Å². The van der Waals surface area contributed by atoms with E-state index in [9.17, 15) is 0 Å². The quantitative estimate of drug-likeness (QED) is 0.505. The molecule has 0 aliphatic rings. The number of methoxy groups -OCH3 is 3. The lowest BCUT2D eigenvalue weighted by Crippen LogP contribution is -2.36. The monoisotopic (exact) mass is 392 g/mol. The van der Waals surface area contributed by atoms with E-state index in [1.54, 1.807) is 32.7 Å². The molecule has 7 nitrogen and oxygen atoms in total. The van der Waals surface area contributed by atoms with E-state index in [2.05, 4.69) is 27.5 Å². The number of ether oxygens (including phenoxy) is 3. The zero-order chi connectivity index (χ0) is 19.6. The second kappa shape index (κ2) is 10.6. The number of aryl methyl sites for hydroxylation is 1. The molecular weight excluding hydrogens is 364 g/mol. The number of hydrogen-bond donors (Lipinski definition) is 2. The highest BCUT2D eigenvalue weighted by Gasteiger charge is 2.13. The van der Waals surface area contributed by atoms with E-state index in [4.69, 9.17) is 14.2 Å². The minimum atomic E-state index is 0.407. The Morgan fingerprint density at radius 3 is 2.30 bits per heavy atom. The van der Waals surface area contributed by atoms with Gasteiger partial charge < -0.3 is 24.8 Å². The van der Waals surface area contributed by atoms with Crippen molar-refractivity contribution in [3.63, 3.8) is 0 Å². The molecule has 0 unspecified atom stereocenters. The van der Waals surface area contributed by atoms with Crippen LogP contribution in [0.4, 0.5) is 0 Å². The van der Waals surface area contributed by atoms with Crippen LogP contribution >= 0.6 is 11.3 Å². The standard InChI is InChI=1S/C19H28N4O3S/c1-6-14-10-21-18(27-14)12-23-19(20-7-2)22-11-15-16(25-4)8-13(24-3)9-17(15)26-5/h8-10H,6-7,11-12H2,1-5H3,(H2,20,22,23). The highest BCUT2D eigenvalue weighted by molar-refractivity contribution is 7.11. The van der Waals surface area contributed by atoms with Crippen molar-refractivity contribution < 1.29 is 14.2 Å². The number of benzene rings is 1. The first-order valence-electron chi connectivity index (χ1n) is 8.89. The van der Waals surface area contributed by atoms with Gasteiger partial charge in [0, 0.05) is 29.8 Å². The second-order valence-electron chi connectivity index (χ2n) is 5.63. The number of nitrogens with one attached hydrogen (secondary N) is 2. The average Bonchev–Trinajstić information content (AvgIpc) is 3.17. The molecule has 8 heteroatoms. The largest absolute Gasteiger partial charge is 0.496 e. The molecule has 0 spiro atoms. The molecular formula is C19H28N4O3S. The van der Waals surface area contributed by atoms with Crippen molar-refractivity contribution in [1.82, 2.24) is 15.6 Å². The number of aromatic nitrogens is 1. The van der Waals surface area contributed by atoms with Gasteiger partial charge in [0.25, 0.3) is 0 Å². The lowest BCUT2D eigenvalue weighted by molar-refractivity contribution is 0.369. The Morgan fingerprint density at radius 2 is 1.78 bits per heavy atom. The zero-order valence-electron chi connectivity index (χ0n) is 16.6. The van der Waals surface area contributed by atoms with E-state index in [1.165, 1.54) is 4.88 Å². The van der Waals surface area contributed by atoms with E-state index in [-0.39, 0.29) is 0 Å². The molecule has 0 aliphatic carbocycles. The van der Waals surface area contributed by atoms with Gasteiger partial charge in [-0.3, -0.25) is 0 Å². The predicted molar refractivity (Wildman–Crippen MR) is 109 cm³/mol. The first kappa shape index (κ1) is 20.8. The van der Waals surface area contributed by atoms with E-state index in [0.29, 0.717) is 36.3 Å². The fraction of sp³-hybridized carbons (Fsp3) is 0.474. The molecule has 2 aromatic rings. The van der Waals surface area contributed by atoms with E-state index < -0.39 is 0 Å². The number of thiazole rings is 1. The third-order valence-electron chi connectivity index (χ3n) is 3.91. The summed E-state index contributed by atoms with van der Waals surface area (Å²) in [5, 5.41) is 7.61. The highest BCUT2D eigenvalue weighted by Crippen LogP contribution is 2.34. The number of hydrogen-bond acceptors (Lipinski definition) is 6. The third-order valence-corrected chi connectivity index (χ3v) is 5.06. The zero-order valence-corrected chi connectivity index (χ0v) is 17.4. The van der Waals surface area contributed by atoms with Crippen molar-refractivity contribution >= 4 is 17.3 Å². The van der Waals surface area contributed by atoms with Gasteiger partial charge in [0.15, 0.2) is 5.96 Å². The fourth-order valence-electron chi connectivity index (χ4n) is 2.49. The molecule has 0 aliphatic heterocycles. The van der Waals surface area contributed by atoms with Crippen LogP contribution in [0.3, 0.4) is 0 Å². The minimum absolute atomic E-state index is 0.407. The number of guanidine groups is 1. The summed E-state index contributed by atoms with van der Waals surface area (Å²) in [6, 6.07) is 3.66. The highest BCUT2D eigenvalue weighted by atomic mass is 32.1. The molecule has 1 aromatic heterocycles. The number of rotatable bonds is 9. The van der Waals surface area contributed by atoms with E-state index >= 15 is 0 Å². The summed E-state index contributed by atoms with van der Waals surface area (Å²) in [5.41, 5.74) is 0.862. The summed E-state index contributed by atoms with van der Waals surface area (Å²) >= 11 is 1.71. The molecule has 1 aromatic carbocycles. The summed E-state index contributed by atoms with van der Waals surface area (Å²) in [6.07, 6.45) is 2.93. The molecule has 2 rings (SSSR count). The maximum atomic E-state index is 5.49.